The number of ether oxygens (including phenoxy) is 1. The predicted molar refractivity (Wildman–Crippen MR) is 119 cm³/mol. The zero-order valence-corrected chi connectivity index (χ0v) is 17.6. The molecular weight excluding hydrogens is 364 g/mol. The van der Waals surface area contributed by atoms with Gasteiger partial charge in [-0.2, -0.15) is 0 Å². The Morgan fingerprint density at radius 1 is 1.10 bits per heavy atom. The van der Waals surface area contributed by atoms with E-state index in [9.17, 15) is 5.11 Å². The van der Waals surface area contributed by atoms with Crippen LogP contribution < -0.4 is 15.0 Å². The fourth-order valence-electron chi connectivity index (χ4n) is 3.72. The monoisotopic (exact) mass is 396 g/mol. The molecule has 1 aliphatic rings. The van der Waals surface area contributed by atoms with Crippen LogP contribution in [0.5, 0.6) is 11.5 Å². The van der Waals surface area contributed by atoms with Gasteiger partial charge in [0, 0.05) is 39.8 Å². The third kappa shape index (κ3) is 5.34. The summed E-state index contributed by atoms with van der Waals surface area (Å²) in [7, 11) is 3.53. The molecule has 2 aromatic carbocycles. The van der Waals surface area contributed by atoms with Crippen LogP contribution in [0.25, 0.3) is 0 Å². The highest BCUT2D eigenvalue weighted by Gasteiger charge is 2.21. The van der Waals surface area contributed by atoms with Crippen LogP contribution in [0.4, 0.5) is 5.69 Å². The first-order chi connectivity index (χ1) is 14.1. The van der Waals surface area contributed by atoms with Gasteiger partial charge in [0.1, 0.15) is 11.5 Å². The average Bonchev–Trinajstić information content (AvgIpc) is 2.77. The summed E-state index contributed by atoms with van der Waals surface area (Å²) in [5.41, 5.74) is 2.22. The maximum absolute atomic E-state index is 10.1. The van der Waals surface area contributed by atoms with E-state index >= 15 is 0 Å². The second-order valence-electron chi connectivity index (χ2n) is 7.40. The lowest BCUT2D eigenvalue weighted by Gasteiger charge is -2.38. The molecule has 0 saturated carbocycles. The Morgan fingerprint density at radius 3 is 2.41 bits per heavy atom. The molecule has 3 rings (SSSR count). The predicted octanol–water partition coefficient (Wildman–Crippen LogP) is 3.29. The molecule has 0 spiro atoms. The maximum Gasteiger partial charge on any atom is 0.193 e. The molecule has 1 fully saturated rings. The highest BCUT2D eigenvalue weighted by Crippen LogP contribution is 2.27. The number of phenols is 1. The third-order valence-corrected chi connectivity index (χ3v) is 5.56. The zero-order chi connectivity index (χ0) is 20.6. The second-order valence-corrected chi connectivity index (χ2v) is 7.40. The smallest absolute Gasteiger partial charge is 0.193 e. The maximum atomic E-state index is 10.1. The van der Waals surface area contributed by atoms with Crippen molar-refractivity contribution in [2.75, 3.05) is 51.8 Å². The molecule has 1 aliphatic heterocycles. The van der Waals surface area contributed by atoms with Crippen molar-refractivity contribution < 1.29 is 9.84 Å². The Bertz CT molecular complexity index is 799. The lowest BCUT2D eigenvalue weighted by atomic mass is 9.98. The molecule has 6 heteroatoms. The fourth-order valence-corrected chi connectivity index (χ4v) is 3.72. The summed E-state index contributed by atoms with van der Waals surface area (Å²) in [4.78, 5) is 8.98. The number of hydrogen-bond donors (Lipinski definition) is 2. The van der Waals surface area contributed by atoms with Crippen LogP contribution >= 0.6 is 0 Å². The Balaban J connectivity index is 1.46. The number of rotatable bonds is 6. The minimum atomic E-state index is 0.343. The first-order valence-corrected chi connectivity index (χ1v) is 10.2. The SMILES string of the molecule is CN=C(NCCC(C)c1ccc(OC)cc1)N1CCN(c2ccccc2O)CC1. The highest BCUT2D eigenvalue weighted by atomic mass is 16.5. The van der Waals surface area contributed by atoms with Crippen molar-refractivity contribution in [3.05, 3.63) is 54.1 Å². The number of aliphatic imine (C=N–C) groups is 1. The largest absolute Gasteiger partial charge is 0.506 e. The zero-order valence-electron chi connectivity index (χ0n) is 17.6. The molecule has 2 aromatic rings. The first kappa shape index (κ1) is 20.8. The number of phenolic OH excluding ortho intramolecular Hbond substituents is 1. The molecule has 0 aromatic heterocycles. The second kappa shape index (κ2) is 10.0. The normalized spacial score (nSPS) is 15.9. The number of methoxy groups -OCH3 is 1. The van der Waals surface area contributed by atoms with Crippen molar-refractivity contribution >= 4 is 11.6 Å². The lowest BCUT2D eigenvalue weighted by molar-refractivity contribution is 0.369. The molecule has 1 saturated heterocycles. The topological polar surface area (TPSA) is 60.3 Å². The summed E-state index contributed by atoms with van der Waals surface area (Å²) in [6, 6.07) is 15.8. The van der Waals surface area contributed by atoms with Crippen LogP contribution in [0, 0.1) is 0 Å². The van der Waals surface area contributed by atoms with E-state index in [-0.39, 0.29) is 0 Å². The lowest BCUT2D eigenvalue weighted by Crippen LogP contribution is -2.52. The van der Waals surface area contributed by atoms with Crippen LogP contribution in [0.15, 0.2) is 53.5 Å². The summed E-state index contributed by atoms with van der Waals surface area (Å²) in [6.07, 6.45) is 1.03. The van der Waals surface area contributed by atoms with Crippen LogP contribution in [0.3, 0.4) is 0 Å². The number of anilines is 1. The van der Waals surface area contributed by atoms with Crippen molar-refractivity contribution in [1.82, 2.24) is 10.2 Å². The van der Waals surface area contributed by atoms with Crippen molar-refractivity contribution in [2.45, 2.75) is 19.3 Å². The number of guanidine groups is 1. The molecule has 29 heavy (non-hydrogen) atoms. The molecule has 1 atom stereocenters. The van der Waals surface area contributed by atoms with Gasteiger partial charge >= 0.3 is 0 Å². The Labute approximate surface area is 173 Å². The van der Waals surface area contributed by atoms with E-state index in [0.29, 0.717) is 11.7 Å². The van der Waals surface area contributed by atoms with Crippen LogP contribution in [-0.2, 0) is 0 Å². The molecule has 0 amide bonds. The van der Waals surface area contributed by atoms with E-state index in [0.717, 1.165) is 56.5 Å². The summed E-state index contributed by atoms with van der Waals surface area (Å²) in [6.45, 7) is 6.60. The molecule has 0 aliphatic carbocycles. The summed E-state index contributed by atoms with van der Waals surface area (Å²) in [5.74, 6) is 2.65. The van der Waals surface area contributed by atoms with Gasteiger partial charge in [0.2, 0.25) is 0 Å². The molecule has 156 valence electrons. The third-order valence-electron chi connectivity index (χ3n) is 5.56. The van der Waals surface area contributed by atoms with Gasteiger partial charge in [0.25, 0.3) is 0 Å². The number of nitrogens with one attached hydrogen (secondary N) is 1. The summed E-state index contributed by atoms with van der Waals surface area (Å²) < 4.78 is 5.23. The highest BCUT2D eigenvalue weighted by molar-refractivity contribution is 5.80. The number of hydrogen-bond acceptors (Lipinski definition) is 4. The molecule has 1 heterocycles. The molecule has 0 bridgehead atoms. The first-order valence-electron chi connectivity index (χ1n) is 10.2. The standard InChI is InChI=1S/C23H32N4O2/c1-18(19-8-10-20(29-3)11-9-19)12-13-25-23(24-2)27-16-14-26(15-17-27)21-6-4-5-7-22(21)28/h4-11,18,28H,12-17H2,1-3H3,(H,24,25). The molecule has 0 radical (unpaired) electrons. The number of para-hydroxylation sites is 2. The van der Waals surface area contributed by atoms with Gasteiger partial charge in [-0.25, -0.2) is 0 Å². The number of benzene rings is 2. The van der Waals surface area contributed by atoms with E-state index in [2.05, 4.69) is 39.2 Å². The minimum Gasteiger partial charge on any atom is -0.506 e. The average molecular weight is 397 g/mol. The van der Waals surface area contributed by atoms with E-state index in [1.54, 1.807) is 13.2 Å². The van der Waals surface area contributed by atoms with E-state index in [1.165, 1.54) is 5.56 Å². The van der Waals surface area contributed by atoms with Crippen molar-refractivity contribution in [2.24, 2.45) is 4.99 Å². The van der Waals surface area contributed by atoms with Crippen molar-refractivity contribution in [3.8, 4) is 11.5 Å². The van der Waals surface area contributed by atoms with E-state index < -0.39 is 0 Å². The van der Waals surface area contributed by atoms with Gasteiger partial charge in [-0.05, 0) is 42.2 Å². The molecule has 1 unspecified atom stereocenters. The van der Waals surface area contributed by atoms with Crippen molar-refractivity contribution in [1.29, 1.82) is 0 Å². The van der Waals surface area contributed by atoms with Gasteiger partial charge in [0.05, 0.1) is 12.8 Å². The minimum absolute atomic E-state index is 0.343. The quantitative estimate of drug-likeness (QED) is 0.580. The molecule has 6 nitrogen and oxygen atoms in total. The van der Waals surface area contributed by atoms with Gasteiger partial charge in [-0.15, -0.1) is 0 Å². The van der Waals surface area contributed by atoms with E-state index in [1.807, 2.05) is 37.4 Å². The Kier molecular flexibility index (Phi) is 7.22. The van der Waals surface area contributed by atoms with Gasteiger partial charge in [0.15, 0.2) is 5.96 Å². The van der Waals surface area contributed by atoms with Crippen molar-refractivity contribution in [3.63, 3.8) is 0 Å². The van der Waals surface area contributed by atoms with Crippen LogP contribution in [0.1, 0.15) is 24.8 Å². The number of piperazine rings is 1. The number of aromatic hydroxyl groups is 1. The fraction of sp³-hybridized carbons (Fsp3) is 0.435. The molecular formula is C23H32N4O2. The van der Waals surface area contributed by atoms with Gasteiger partial charge in [-0.3, -0.25) is 4.99 Å². The summed E-state index contributed by atoms with van der Waals surface area (Å²) in [5, 5.41) is 13.6. The Morgan fingerprint density at radius 2 is 1.79 bits per heavy atom. The molecule has 2 N–H and O–H groups in total. The van der Waals surface area contributed by atoms with Crippen LogP contribution in [-0.4, -0.2) is 62.8 Å². The Hall–Kier alpha value is -2.89. The van der Waals surface area contributed by atoms with E-state index in [4.69, 9.17) is 4.74 Å². The van der Waals surface area contributed by atoms with Crippen LogP contribution in [0.2, 0.25) is 0 Å². The van der Waals surface area contributed by atoms with Gasteiger partial charge < -0.3 is 25.0 Å². The summed E-state index contributed by atoms with van der Waals surface area (Å²) >= 11 is 0. The number of nitrogens with zero attached hydrogens (tertiary/aromatic N) is 3. The van der Waals surface area contributed by atoms with Gasteiger partial charge in [-0.1, -0.05) is 31.2 Å².